The standard InChI is InChI=1S/C17H21N3S/c1-14-5-7-15(8-6-14)12-21-17-11-16(18-13-19-17)20-9-3-2-4-10-20/h5-8,11,13H,2-4,9-10,12H2,1H3. The van der Waals surface area contributed by atoms with E-state index in [0.29, 0.717) is 0 Å². The van der Waals surface area contributed by atoms with Crippen molar-refractivity contribution in [3.63, 3.8) is 0 Å². The largest absolute Gasteiger partial charge is 0.356 e. The Hall–Kier alpha value is -1.55. The minimum atomic E-state index is 0.955. The molecular weight excluding hydrogens is 278 g/mol. The molecule has 0 aliphatic carbocycles. The van der Waals surface area contributed by atoms with E-state index in [2.05, 4.69) is 52.1 Å². The normalized spacial score (nSPS) is 15.2. The van der Waals surface area contributed by atoms with Crippen LogP contribution in [0.15, 0.2) is 41.7 Å². The van der Waals surface area contributed by atoms with Gasteiger partial charge in [0.05, 0.1) is 0 Å². The van der Waals surface area contributed by atoms with E-state index in [1.54, 1.807) is 18.1 Å². The van der Waals surface area contributed by atoms with Crippen LogP contribution < -0.4 is 4.90 Å². The summed E-state index contributed by atoms with van der Waals surface area (Å²) in [7, 11) is 0. The number of hydrogen-bond acceptors (Lipinski definition) is 4. The Morgan fingerprint density at radius 2 is 1.81 bits per heavy atom. The van der Waals surface area contributed by atoms with Crippen LogP contribution in [0.1, 0.15) is 30.4 Å². The quantitative estimate of drug-likeness (QED) is 0.628. The highest BCUT2D eigenvalue weighted by atomic mass is 32.2. The molecule has 0 unspecified atom stereocenters. The van der Waals surface area contributed by atoms with Crippen LogP contribution in [0, 0.1) is 6.92 Å². The van der Waals surface area contributed by atoms with E-state index in [0.717, 1.165) is 29.7 Å². The van der Waals surface area contributed by atoms with Gasteiger partial charge in [0, 0.05) is 24.9 Å². The molecule has 0 saturated carbocycles. The predicted molar refractivity (Wildman–Crippen MR) is 88.8 cm³/mol. The summed E-state index contributed by atoms with van der Waals surface area (Å²) < 4.78 is 0. The van der Waals surface area contributed by atoms with Crippen LogP contribution in [0.5, 0.6) is 0 Å². The van der Waals surface area contributed by atoms with Crippen molar-refractivity contribution in [3.8, 4) is 0 Å². The summed E-state index contributed by atoms with van der Waals surface area (Å²) in [6, 6.07) is 10.8. The highest BCUT2D eigenvalue weighted by molar-refractivity contribution is 7.98. The monoisotopic (exact) mass is 299 g/mol. The van der Waals surface area contributed by atoms with Crippen molar-refractivity contribution in [2.45, 2.75) is 37.0 Å². The van der Waals surface area contributed by atoms with Crippen LogP contribution in [-0.4, -0.2) is 23.1 Å². The fraction of sp³-hybridized carbons (Fsp3) is 0.412. The number of anilines is 1. The van der Waals surface area contributed by atoms with Crippen LogP contribution in [0.2, 0.25) is 0 Å². The van der Waals surface area contributed by atoms with E-state index in [-0.39, 0.29) is 0 Å². The number of rotatable bonds is 4. The molecule has 2 aromatic rings. The lowest BCUT2D eigenvalue weighted by molar-refractivity contribution is 0.572. The molecule has 0 radical (unpaired) electrons. The minimum absolute atomic E-state index is 0.955. The smallest absolute Gasteiger partial charge is 0.133 e. The minimum Gasteiger partial charge on any atom is -0.356 e. The molecule has 1 aliphatic rings. The van der Waals surface area contributed by atoms with E-state index < -0.39 is 0 Å². The van der Waals surface area contributed by atoms with Gasteiger partial charge in [-0.15, -0.1) is 11.8 Å². The maximum absolute atomic E-state index is 4.43. The van der Waals surface area contributed by atoms with Gasteiger partial charge in [0.1, 0.15) is 17.2 Å². The molecule has 21 heavy (non-hydrogen) atoms. The van der Waals surface area contributed by atoms with Gasteiger partial charge in [0.25, 0.3) is 0 Å². The van der Waals surface area contributed by atoms with Gasteiger partial charge in [-0.05, 0) is 31.7 Å². The van der Waals surface area contributed by atoms with E-state index in [1.807, 2.05) is 0 Å². The Labute approximate surface area is 130 Å². The summed E-state index contributed by atoms with van der Waals surface area (Å²) >= 11 is 1.78. The van der Waals surface area contributed by atoms with Gasteiger partial charge in [-0.2, -0.15) is 0 Å². The first kappa shape index (κ1) is 14.4. The van der Waals surface area contributed by atoms with Crippen molar-refractivity contribution in [2.24, 2.45) is 0 Å². The molecule has 1 aliphatic heterocycles. The number of thioether (sulfide) groups is 1. The second-order valence-electron chi connectivity index (χ2n) is 5.54. The molecule has 110 valence electrons. The molecular formula is C17H21N3S. The van der Waals surface area contributed by atoms with Crippen molar-refractivity contribution >= 4 is 17.6 Å². The second-order valence-corrected chi connectivity index (χ2v) is 6.53. The maximum atomic E-state index is 4.43. The van der Waals surface area contributed by atoms with Crippen LogP contribution in [0.3, 0.4) is 0 Å². The van der Waals surface area contributed by atoms with Gasteiger partial charge in [-0.1, -0.05) is 29.8 Å². The molecule has 3 rings (SSSR count). The summed E-state index contributed by atoms with van der Waals surface area (Å²) in [5.41, 5.74) is 2.64. The summed E-state index contributed by atoms with van der Waals surface area (Å²) in [5.74, 6) is 2.03. The SMILES string of the molecule is Cc1ccc(CSc2cc(N3CCCCC3)ncn2)cc1. The predicted octanol–water partition coefficient (Wildman–Crippen LogP) is 4.07. The van der Waals surface area contributed by atoms with E-state index in [4.69, 9.17) is 0 Å². The van der Waals surface area contributed by atoms with Crippen LogP contribution in [-0.2, 0) is 5.75 Å². The molecule has 3 nitrogen and oxygen atoms in total. The number of hydrogen-bond donors (Lipinski definition) is 0. The molecule has 0 bridgehead atoms. The van der Waals surface area contributed by atoms with E-state index >= 15 is 0 Å². The maximum Gasteiger partial charge on any atom is 0.133 e. The van der Waals surface area contributed by atoms with Crippen molar-refractivity contribution in [1.82, 2.24) is 9.97 Å². The topological polar surface area (TPSA) is 29.0 Å². The fourth-order valence-electron chi connectivity index (χ4n) is 2.55. The molecule has 2 heterocycles. The Kier molecular flexibility index (Phi) is 4.76. The Morgan fingerprint density at radius 1 is 1.05 bits per heavy atom. The zero-order chi connectivity index (χ0) is 14.5. The molecule has 0 N–H and O–H groups in total. The first-order valence-electron chi connectivity index (χ1n) is 7.56. The highest BCUT2D eigenvalue weighted by Gasteiger charge is 2.12. The van der Waals surface area contributed by atoms with Crippen molar-refractivity contribution in [1.29, 1.82) is 0 Å². The summed E-state index contributed by atoms with van der Waals surface area (Å²) in [6.07, 6.45) is 5.59. The average molecular weight is 299 g/mol. The third-order valence-electron chi connectivity index (χ3n) is 3.81. The number of aryl methyl sites for hydroxylation is 1. The van der Waals surface area contributed by atoms with E-state index in [1.165, 1.54) is 30.4 Å². The molecule has 4 heteroatoms. The van der Waals surface area contributed by atoms with Crippen molar-refractivity contribution in [2.75, 3.05) is 18.0 Å². The van der Waals surface area contributed by atoms with Gasteiger partial charge < -0.3 is 4.90 Å². The zero-order valence-corrected chi connectivity index (χ0v) is 13.3. The lowest BCUT2D eigenvalue weighted by Crippen LogP contribution is -2.30. The van der Waals surface area contributed by atoms with Crippen LogP contribution in [0.25, 0.3) is 0 Å². The number of nitrogens with zero attached hydrogens (tertiary/aromatic N) is 3. The van der Waals surface area contributed by atoms with Crippen molar-refractivity contribution in [3.05, 3.63) is 47.8 Å². The third-order valence-corrected chi connectivity index (χ3v) is 4.81. The molecule has 0 spiro atoms. The number of benzene rings is 1. The van der Waals surface area contributed by atoms with Crippen molar-refractivity contribution < 1.29 is 0 Å². The summed E-state index contributed by atoms with van der Waals surface area (Å²) in [6.45, 7) is 4.37. The lowest BCUT2D eigenvalue weighted by Gasteiger charge is -2.27. The van der Waals surface area contributed by atoms with Gasteiger partial charge in [0.2, 0.25) is 0 Å². The zero-order valence-electron chi connectivity index (χ0n) is 12.5. The third kappa shape index (κ3) is 3.97. The summed E-state index contributed by atoms with van der Waals surface area (Å²) in [4.78, 5) is 11.2. The Balaban J connectivity index is 1.64. The molecule has 0 amide bonds. The second kappa shape index (κ2) is 6.94. The first-order valence-corrected chi connectivity index (χ1v) is 8.55. The highest BCUT2D eigenvalue weighted by Crippen LogP contribution is 2.25. The molecule has 1 saturated heterocycles. The lowest BCUT2D eigenvalue weighted by atomic mass is 10.1. The van der Waals surface area contributed by atoms with Crippen LogP contribution >= 0.6 is 11.8 Å². The van der Waals surface area contributed by atoms with Gasteiger partial charge >= 0.3 is 0 Å². The average Bonchev–Trinajstić information content (AvgIpc) is 2.55. The molecule has 0 atom stereocenters. The molecule has 1 aromatic heterocycles. The first-order chi connectivity index (χ1) is 10.3. The fourth-order valence-corrected chi connectivity index (χ4v) is 3.36. The van der Waals surface area contributed by atoms with Gasteiger partial charge in [-0.3, -0.25) is 0 Å². The Bertz CT molecular complexity index is 577. The van der Waals surface area contributed by atoms with Gasteiger partial charge in [0.15, 0.2) is 0 Å². The molecule has 1 aromatic carbocycles. The van der Waals surface area contributed by atoms with Crippen LogP contribution in [0.4, 0.5) is 5.82 Å². The molecule has 1 fully saturated rings. The van der Waals surface area contributed by atoms with Gasteiger partial charge in [-0.25, -0.2) is 9.97 Å². The summed E-state index contributed by atoms with van der Waals surface area (Å²) in [5, 5.41) is 1.06. The number of aromatic nitrogens is 2. The van der Waals surface area contributed by atoms with E-state index in [9.17, 15) is 0 Å². The Morgan fingerprint density at radius 3 is 2.57 bits per heavy atom. The number of piperidine rings is 1.